The lowest BCUT2D eigenvalue weighted by Crippen LogP contribution is -2.44. The minimum Gasteiger partial charge on any atom is -0.490 e. The number of ether oxygens (including phenoxy) is 1. The van der Waals surface area contributed by atoms with Gasteiger partial charge in [-0.15, -0.1) is 0 Å². The van der Waals surface area contributed by atoms with Crippen molar-refractivity contribution in [3.63, 3.8) is 0 Å². The summed E-state index contributed by atoms with van der Waals surface area (Å²) in [6.07, 6.45) is 3.76. The molecular weight excluding hydrogens is 312 g/mol. The number of urea groups is 1. The third kappa shape index (κ3) is 4.84. The minimum absolute atomic E-state index is 0.187. The van der Waals surface area contributed by atoms with Gasteiger partial charge in [0.05, 0.1) is 18.6 Å². The number of pyridine rings is 1. The molecule has 1 aliphatic rings. The number of rotatable bonds is 6. The molecule has 1 unspecified atom stereocenters. The Kier molecular flexibility index (Phi) is 6.37. The van der Waals surface area contributed by atoms with Crippen LogP contribution < -0.4 is 10.1 Å². The van der Waals surface area contributed by atoms with Crippen LogP contribution in [-0.4, -0.2) is 46.7 Å². The van der Waals surface area contributed by atoms with E-state index in [0.717, 1.165) is 0 Å². The van der Waals surface area contributed by atoms with Crippen LogP contribution >= 0.6 is 0 Å². The van der Waals surface area contributed by atoms with Crippen LogP contribution in [0, 0.1) is 17.2 Å². The van der Waals surface area contributed by atoms with Crippen molar-refractivity contribution in [3.8, 4) is 11.8 Å². The molecule has 0 saturated carbocycles. The van der Waals surface area contributed by atoms with Crippen LogP contribution in [0.25, 0.3) is 0 Å². The lowest BCUT2D eigenvalue weighted by atomic mass is 9.99. The summed E-state index contributed by atoms with van der Waals surface area (Å²) >= 11 is 0. The highest BCUT2D eigenvalue weighted by molar-refractivity contribution is 5.90. The van der Waals surface area contributed by atoms with Crippen molar-refractivity contribution >= 4 is 17.8 Å². The Hall–Kier alpha value is -2.82. The third-order valence-electron chi connectivity index (χ3n) is 3.74. The number of likely N-dealkylation sites (tertiary alicyclic amines) is 1. The molecule has 0 aromatic carbocycles. The summed E-state index contributed by atoms with van der Waals surface area (Å²) in [5, 5.41) is 20.3. The standard InChI is InChI=1S/C16H20N4O4/c17-7-1-2-10-24-13-6-3-8-18-14(13)19-16(23)20-9-4-5-12(11-20)15(21)22/h3,6,8,12H,1-2,4-5,9-11H2,(H,21,22)(H,18,19,23). The Morgan fingerprint density at radius 1 is 1.54 bits per heavy atom. The smallest absolute Gasteiger partial charge is 0.323 e. The number of aliphatic carboxylic acids is 1. The summed E-state index contributed by atoms with van der Waals surface area (Å²) in [4.78, 5) is 29.0. The molecular formula is C16H20N4O4. The average molecular weight is 332 g/mol. The Bertz CT molecular complexity index is 629. The van der Waals surface area contributed by atoms with Crippen molar-refractivity contribution < 1.29 is 19.4 Å². The first-order chi connectivity index (χ1) is 11.6. The molecule has 8 heteroatoms. The lowest BCUT2D eigenvalue weighted by molar-refractivity contribution is -0.143. The van der Waals surface area contributed by atoms with Crippen molar-refractivity contribution in [2.45, 2.75) is 25.7 Å². The number of nitrogens with zero attached hydrogens (tertiary/aromatic N) is 3. The number of carboxylic acids is 1. The second kappa shape index (κ2) is 8.72. The van der Waals surface area contributed by atoms with Gasteiger partial charge in [0.1, 0.15) is 0 Å². The number of carboxylic acid groups (broad SMARTS) is 1. The largest absolute Gasteiger partial charge is 0.490 e. The van der Waals surface area contributed by atoms with E-state index in [2.05, 4.69) is 10.3 Å². The van der Waals surface area contributed by atoms with Gasteiger partial charge in [0.25, 0.3) is 0 Å². The molecule has 0 radical (unpaired) electrons. The normalized spacial score (nSPS) is 17.0. The summed E-state index contributed by atoms with van der Waals surface area (Å²) in [5.74, 6) is -0.700. The number of nitrogens with one attached hydrogen (secondary N) is 1. The molecule has 0 bridgehead atoms. The van der Waals surface area contributed by atoms with Gasteiger partial charge in [-0.3, -0.25) is 10.1 Å². The molecule has 2 rings (SSSR count). The quantitative estimate of drug-likeness (QED) is 0.771. The predicted octanol–water partition coefficient (Wildman–Crippen LogP) is 2.09. The maximum atomic E-state index is 12.3. The zero-order valence-electron chi connectivity index (χ0n) is 13.3. The molecule has 0 aliphatic carbocycles. The maximum Gasteiger partial charge on any atom is 0.323 e. The van der Waals surface area contributed by atoms with Crippen molar-refractivity contribution in [2.24, 2.45) is 5.92 Å². The molecule has 0 spiro atoms. The van der Waals surface area contributed by atoms with Crippen molar-refractivity contribution in [2.75, 3.05) is 25.0 Å². The van der Waals surface area contributed by atoms with E-state index >= 15 is 0 Å². The van der Waals surface area contributed by atoms with Crippen LogP contribution in [-0.2, 0) is 4.79 Å². The van der Waals surface area contributed by atoms with E-state index in [1.165, 1.54) is 11.1 Å². The van der Waals surface area contributed by atoms with E-state index in [9.17, 15) is 9.59 Å². The number of unbranched alkanes of at least 4 members (excludes halogenated alkanes) is 1. The molecule has 8 nitrogen and oxygen atoms in total. The number of anilines is 1. The first-order valence-electron chi connectivity index (χ1n) is 7.85. The van der Waals surface area contributed by atoms with Crippen LogP contribution in [0.3, 0.4) is 0 Å². The third-order valence-corrected chi connectivity index (χ3v) is 3.74. The number of piperidine rings is 1. The number of aromatic nitrogens is 1. The SMILES string of the molecule is N#CCCCOc1cccnc1NC(=O)N1CCCC(C(=O)O)C1. The fourth-order valence-corrected chi connectivity index (χ4v) is 2.48. The summed E-state index contributed by atoms with van der Waals surface area (Å²) in [7, 11) is 0. The monoisotopic (exact) mass is 332 g/mol. The fourth-order valence-electron chi connectivity index (χ4n) is 2.48. The first-order valence-corrected chi connectivity index (χ1v) is 7.85. The molecule has 1 fully saturated rings. The molecule has 1 aliphatic heterocycles. The Morgan fingerprint density at radius 3 is 3.12 bits per heavy atom. The number of carbonyl (C=O) groups excluding carboxylic acids is 1. The summed E-state index contributed by atoms with van der Waals surface area (Å²) < 4.78 is 5.55. The minimum atomic E-state index is -0.883. The summed E-state index contributed by atoms with van der Waals surface area (Å²) in [6.45, 7) is 1.06. The van der Waals surface area contributed by atoms with Crippen LogP contribution in [0.2, 0.25) is 0 Å². The highest BCUT2D eigenvalue weighted by Crippen LogP contribution is 2.23. The van der Waals surface area contributed by atoms with E-state index in [0.29, 0.717) is 44.6 Å². The average Bonchev–Trinajstić information content (AvgIpc) is 2.60. The van der Waals surface area contributed by atoms with E-state index in [1.54, 1.807) is 12.1 Å². The van der Waals surface area contributed by atoms with E-state index in [1.807, 2.05) is 6.07 Å². The van der Waals surface area contributed by atoms with Gasteiger partial charge in [-0.05, 0) is 31.4 Å². The second-order valence-electron chi connectivity index (χ2n) is 5.51. The predicted molar refractivity (Wildman–Crippen MR) is 85.5 cm³/mol. The van der Waals surface area contributed by atoms with Crippen molar-refractivity contribution in [1.29, 1.82) is 5.26 Å². The molecule has 1 saturated heterocycles. The number of hydrogen-bond acceptors (Lipinski definition) is 5. The molecule has 1 aromatic rings. The van der Waals surface area contributed by atoms with Crippen LogP contribution in [0.5, 0.6) is 5.75 Å². The molecule has 2 heterocycles. The molecule has 1 atom stereocenters. The first kappa shape index (κ1) is 17.5. The van der Waals surface area contributed by atoms with Gasteiger partial charge in [-0.1, -0.05) is 0 Å². The Morgan fingerprint density at radius 2 is 2.38 bits per heavy atom. The highest BCUT2D eigenvalue weighted by atomic mass is 16.5. The molecule has 2 amide bonds. The van der Waals surface area contributed by atoms with Gasteiger partial charge in [0, 0.05) is 25.7 Å². The zero-order valence-corrected chi connectivity index (χ0v) is 13.3. The zero-order chi connectivity index (χ0) is 17.4. The Labute approximate surface area is 140 Å². The van der Waals surface area contributed by atoms with Crippen LogP contribution in [0.4, 0.5) is 10.6 Å². The molecule has 128 valence electrons. The van der Waals surface area contributed by atoms with Crippen LogP contribution in [0.15, 0.2) is 18.3 Å². The molecule has 1 aromatic heterocycles. The van der Waals surface area contributed by atoms with E-state index in [4.69, 9.17) is 15.1 Å². The number of carbonyl (C=O) groups is 2. The highest BCUT2D eigenvalue weighted by Gasteiger charge is 2.28. The van der Waals surface area contributed by atoms with Crippen molar-refractivity contribution in [1.82, 2.24) is 9.88 Å². The van der Waals surface area contributed by atoms with Gasteiger partial charge < -0.3 is 14.7 Å². The van der Waals surface area contributed by atoms with Gasteiger partial charge in [0.15, 0.2) is 11.6 Å². The van der Waals surface area contributed by atoms with Gasteiger partial charge in [-0.25, -0.2) is 9.78 Å². The summed E-state index contributed by atoms with van der Waals surface area (Å²) in [5.41, 5.74) is 0. The van der Waals surface area contributed by atoms with Crippen molar-refractivity contribution in [3.05, 3.63) is 18.3 Å². The summed E-state index contributed by atoms with van der Waals surface area (Å²) in [6, 6.07) is 5.03. The maximum absolute atomic E-state index is 12.3. The fraction of sp³-hybridized carbons (Fsp3) is 0.500. The molecule has 2 N–H and O–H groups in total. The van der Waals surface area contributed by atoms with Crippen LogP contribution in [0.1, 0.15) is 25.7 Å². The van der Waals surface area contributed by atoms with Gasteiger partial charge in [-0.2, -0.15) is 5.26 Å². The number of nitriles is 1. The number of hydrogen-bond donors (Lipinski definition) is 2. The molecule has 24 heavy (non-hydrogen) atoms. The Balaban J connectivity index is 1.96. The van der Waals surface area contributed by atoms with E-state index in [-0.39, 0.29) is 18.4 Å². The lowest BCUT2D eigenvalue weighted by Gasteiger charge is -2.30. The topological polar surface area (TPSA) is 116 Å². The van der Waals surface area contributed by atoms with Gasteiger partial charge >= 0.3 is 12.0 Å². The van der Waals surface area contributed by atoms with Gasteiger partial charge in [0.2, 0.25) is 0 Å². The number of amides is 2. The van der Waals surface area contributed by atoms with E-state index < -0.39 is 11.9 Å². The second-order valence-corrected chi connectivity index (χ2v) is 5.51.